The Morgan fingerprint density at radius 1 is 1.34 bits per heavy atom. The molecule has 1 heterocycles. The summed E-state index contributed by atoms with van der Waals surface area (Å²) in [5, 5.41) is 15.3. The summed E-state index contributed by atoms with van der Waals surface area (Å²) in [7, 11) is 0. The molecule has 0 aliphatic heterocycles. The van der Waals surface area contributed by atoms with Crippen LogP contribution in [0.5, 0.6) is 5.75 Å². The molecule has 1 amide bonds. The van der Waals surface area contributed by atoms with Gasteiger partial charge in [0, 0.05) is 18.2 Å². The Hall–Kier alpha value is -3.37. The molecule has 0 bridgehead atoms. The molecule has 8 heteroatoms. The van der Waals surface area contributed by atoms with E-state index in [0.29, 0.717) is 30.9 Å². The van der Waals surface area contributed by atoms with Gasteiger partial charge in [-0.05, 0) is 37.6 Å². The minimum absolute atomic E-state index is 0.00532. The van der Waals surface area contributed by atoms with Crippen LogP contribution in [0.3, 0.4) is 0 Å². The number of carbonyl (C=O) groups is 1. The number of carbonyl (C=O) groups excluding carboxylic acids is 1. The first-order valence-corrected chi connectivity index (χ1v) is 9.21. The third-order valence-corrected chi connectivity index (χ3v) is 4.40. The zero-order valence-corrected chi connectivity index (χ0v) is 16.3. The van der Waals surface area contributed by atoms with Crippen LogP contribution < -0.4 is 10.1 Å². The number of unbranched alkanes of at least 4 members (excludes halogenated alkanes) is 1. The highest BCUT2D eigenvalue weighted by Crippen LogP contribution is 2.33. The van der Waals surface area contributed by atoms with Gasteiger partial charge in [0.2, 0.25) is 0 Å². The van der Waals surface area contributed by atoms with Gasteiger partial charge in [0.15, 0.2) is 0 Å². The number of aryl methyl sites for hydroxylation is 1. The molecule has 0 aliphatic carbocycles. The van der Waals surface area contributed by atoms with Crippen molar-refractivity contribution in [1.29, 1.82) is 5.26 Å². The predicted octanol–water partition coefficient (Wildman–Crippen LogP) is 5.38. The molecule has 3 rings (SSSR count). The lowest BCUT2D eigenvalue weighted by atomic mass is 10.0. The normalized spacial score (nSPS) is 10.4. The quantitative estimate of drug-likeness (QED) is 0.525. The summed E-state index contributed by atoms with van der Waals surface area (Å²) >= 11 is 6.11. The zero-order valence-electron chi connectivity index (χ0n) is 15.5. The Bertz CT molecular complexity index is 1060. The van der Waals surface area contributed by atoms with Crippen molar-refractivity contribution in [1.82, 2.24) is 5.16 Å². The molecule has 1 aromatic heterocycles. The Morgan fingerprint density at radius 3 is 2.90 bits per heavy atom. The van der Waals surface area contributed by atoms with Crippen molar-refractivity contribution in [2.75, 3.05) is 11.9 Å². The van der Waals surface area contributed by atoms with Crippen LogP contribution in [0.2, 0.25) is 5.02 Å². The third kappa shape index (κ3) is 4.73. The molecule has 0 unspecified atom stereocenters. The standard InChI is InChI=1S/C21H17ClFN3O3/c1-13-18(20(26-29-13)19-16(22)8-5-9-17(19)23)21(27)25-14-6-4-7-15(12-14)28-11-3-2-10-24/h4-9,12H,2-3,11H2,1H3,(H,25,27). The predicted molar refractivity (Wildman–Crippen MR) is 106 cm³/mol. The minimum atomic E-state index is -0.604. The van der Waals surface area contributed by atoms with Crippen LogP contribution in [0, 0.1) is 24.1 Å². The highest BCUT2D eigenvalue weighted by Gasteiger charge is 2.25. The summed E-state index contributed by atoms with van der Waals surface area (Å²) in [6, 6.07) is 13.1. The van der Waals surface area contributed by atoms with Crippen molar-refractivity contribution in [3.8, 4) is 23.1 Å². The van der Waals surface area contributed by atoms with E-state index in [1.807, 2.05) is 0 Å². The topological polar surface area (TPSA) is 88.2 Å². The fourth-order valence-electron chi connectivity index (χ4n) is 2.73. The second-order valence-electron chi connectivity index (χ2n) is 6.15. The largest absolute Gasteiger partial charge is 0.493 e. The zero-order chi connectivity index (χ0) is 20.8. The van der Waals surface area contributed by atoms with Gasteiger partial charge < -0.3 is 14.6 Å². The Labute approximate surface area is 171 Å². The van der Waals surface area contributed by atoms with Crippen molar-refractivity contribution in [3.05, 3.63) is 64.6 Å². The van der Waals surface area contributed by atoms with E-state index in [9.17, 15) is 9.18 Å². The number of nitrogens with zero attached hydrogens (tertiary/aromatic N) is 2. The average Bonchev–Trinajstić information content (AvgIpc) is 3.07. The van der Waals surface area contributed by atoms with Gasteiger partial charge >= 0.3 is 0 Å². The summed E-state index contributed by atoms with van der Waals surface area (Å²) in [6.45, 7) is 1.96. The van der Waals surface area contributed by atoms with Crippen LogP contribution in [-0.4, -0.2) is 17.7 Å². The SMILES string of the molecule is Cc1onc(-c2c(F)cccc2Cl)c1C(=O)Nc1cccc(OCCCC#N)c1. The second kappa shape index (κ2) is 9.22. The smallest absolute Gasteiger partial charge is 0.261 e. The molecule has 0 fully saturated rings. The Balaban J connectivity index is 1.82. The molecule has 29 heavy (non-hydrogen) atoms. The minimum Gasteiger partial charge on any atom is -0.493 e. The van der Waals surface area contributed by atoms with E-state index in [-0.39, 0.29) is 27.6 Å². The number of nitriles is 1. The Morgan fingerprint density at radius 2 is 2.14 bits per heavy atom. The summed E-state index contributed by atoms with van der Waals surface area (Å²) in [5.74, 6) is -0.326. The number of benzene rings is 2. The van der Waals surface area contributed by atoms with Gasteiger partial charge in [0.05, 0.1) is 23.3 Å². The van der Waals surface area contributed by atoms with Crippen molar-refractivity contribution in [3.63, 3.8) is 0 Å². The van der Waals surface area contributed by atoms with E-state index in [1.165, 1.54) is 18.2 Å². The summed E-state index contributed by atoms with van der Waals surface area (Å²) in [4.78, 5) is 12.9. The first kappa shape index (κ1) is 20.4. The Kier molecular flexibility index (Phi) is 6.47. The lowest BCUT2D eigenvalue weighted by Crippen LogP contribution is -2.14. The fraction of sp³-hybridized carbons (Fsp3) is 0.190. The number of halogens is 2. The number of aromatic nitrogens is 1. The van der Waals surface area contributed by atoms with Crippen LogP contribution in [0.4, 0.5) is 10.1 Å². The highest BCUT2D eigenvalue weighted by atomic mass is 35.5. The summed E-state index contributed by atoms with van der Waals surface area (Å²) in [6.07, 6.45) is 1.02. The number of rotatable bonds is 7. The number of hydrogen-bond acceptors (Lipinski definition) is 5. The number of ether oxygens (including phenoxy) is 1. The van der Waals surface area contributed by atoms with Gasteiger partial charge in [-0.2, -0.15) is 5.26 Å². The molecule has 0 saturated carbocycles. The monoisotopic (exact) mass is 413 g/mol. The highest BCUT2D eigenvalue weighted by molar-refractivity contribution is 6.33. The lowest BCUT2D eigenvalue weighted by molar-refractivity contribution is 0.102. The second-order valence-corrected chi connectivity index (χ2v) is 6.56. The van der Waals surface area contributed by atoms with Gasteiger partial charge in [-0.3, -0.25) is 4.79 Å². The van der Waals surface area contributed by atoms with Crippen LogP contribution >= 0.6 is 11.6 Å². The van der Waals surface area contributed by atoms with Gasteiger partial charge in [-0.1, -0.05) is 28.9 Å². The molecule has 0 aliphatic rings. The average molecular weight is 414 g/mol. The van der Waals surface area contributed by atoms with E-state index in [1.54, 1.807) is 31.2 Å². The third-order valence-electron chi connectivity index (χ3n) is 4.08. The van der Waals surface area contributed by atoms with Crippen molar-refractivity contribution in [2.45, 2.75) is 19.8 Å². The first-order valence-electron chi connectivity index (χ1n) is 8.83. The van der Waals surface area contributed by atoms with E-state index < -0.39 is 11.7 Å². The maximum absolute atomic E-state index is 14.3. The van der Waals surface area contributed by atoms with E-state index in [4.69, 9.17) is 26.1 Å². The summed E-state index contributed by atoms with van der Waals surface area (Å²) in [5.41, 5.74) is 0.619. The molecule has 1 N–H and O–H groups in total. The molecule has 0 saturated heterocycles. The molecule has 0 spiro atoms. The molecular formula is C21H17ClFN3O3. The van der Waals surface area contributed by atoms with Gasteiger partial charge in [0.25, 0.3) is 5.91 Å². The van der Waals surface area contributed by atoms with Crippen molar-refractivity contribution < 1.29 is 18.4 Å². The maximum Gasteiger partial charge on any atom is 0.261 e. The van der Waals surface area contributed by atoms with Crippen LogP contribution in [0.15, 0.2) is 47.0 Å². The molecular weight excluding hydrogens is 397 g/mol. The molecule has 2 aromatic carbocycles. The molecule has 0 atom stereocenters. The number of amides is 1. The van der Waals surface area contributed by atoms with Crippen LogP contribution in [-0.2, 0) is 0 Å². The van der Waals surface area contributed by atoms with E-state index >= 15 is 0 Å². The summed E-state index contributed by atoms with van der Waals surface area (Å²) < 4.78 is 25.0. The number of anilines is 1. The van der Waals surface area contributed by atoms with E-state index in [2.05, 4.69) is 16.5 Å². The molecule has 6 nitrogen and oxygen atoms in total. The van der Waals surface area contributed by atoms with Crippen LogP contribution in [0.25, 0.3) is 11.3 Å². The lowest BCUT2D eigenvalue weighted by Gasteiger charge is -2.09. The van der Waals surface area contributed by atoms with Crippen molar-refractivity contribution >= 4 is 23.2 Å². The van der Waals surface area contributed by atoms with Crippen LogP contribution in [0.1, 0.15) is 29.0 Å². The van der Waals surface area contributed by atoms with Crippen molar-refractivity contribution in [2.24, 2.45) is 0 Å². The molecule has 0 radical (unpaired) electrons. The number of nitrogens with one attached hydrogen (secondary N) is 1. The van der Waals surface area contributed by atoms with E-state index in [0.717, 1.165) is 0 Å². The molecule has 148 valence electrons. The van der Waals surface area contributed by atoms with Gasteiger partial charge in [0.1, 0.15) is 28.6 Å². The van der Waals surface area contributed by atoms with Gasteiger partial charge in [-0.15, -0.1) is 0 Å². The van der Waals surface area contributed by atoms with Gasteiger partial charge in [-0.25, -0.2) is 4.39 Å². The fourth-order valence-corrected chi connectivity index (χ4v) is 2.99. The maximum atomic E-state index is 14.3. The number of hydrogen-bond donors (Lipinski definition) is 1. The first-order chi connectivity index (χ1) is 14.0. The molecule has 3 aromatic rings.